The molecule has 0 aliphatic carbocycles. The largest absolute Gasteiger partial charge is 0.380 e. The van der Waals surface area contributed by atoms with Gasteiger partial charge in [0.1, 0.15) is 17.6 Å². The molecule has 3 aromatic rings. The van der Waals surface area contributed by atoms with Gasteiger partial charge >= 0.3 is 0 Å². The van der Waals surface area contributed by atoms with E-state index in [0.29, 0.717) is 23.7 Å². The Kier molecular flexibility index (Phi) is 6.38. The van der Waals surface area contributed by atoms with Gasteiger partial charge in [0, 0.05) is 19.2 Å². The molecule has 0 unspecified atom stereocenters. The molecule has 1 saturated heterocycles. The predicted molar refractivity (Wildman–Crippen MR) is 126 cm³/mol. The Morgan fingerprint density at radius 2 is 1.94 bits per heavy atom. The number of nitriles is 1. The van der Waals surface area contributed by atoms with Crippen molar-refractivity contribution in [3.63, 3.8) is 0 Å². The standard InChI is InChI=1S/C26H27FN4O/c1-3-17-4-6-19(7-5-17)25-22(20-8-9-21(14-28)23(27)12-20)13-24(26(32)31(25)2)30-16-18-10-11-29-15-18/h4-9,12-13,18,29-30H,3,10-11,15-16H2,1-2H3/t18-/m0/s1. The van der Waals surface area contributed by atoms with E-state index >= 15 is 0 Å². The van der Waals surface area contributed by atoms with E-state index in [9.17, 15) is 9.18 Å². The van der Waals surface area contributed by atoms with Crippen LogP contribution in [0.15, 0.2) is 53.3 Å². The number of aromatic nitrogens is 1. The molecule has 6 heteroatoms. The molecule has 2 N–H and O–H groups in total. The number of nitrogens with one attached hydrogen (secondary N) is 2. The van der Waals surface area contributed by atoms with Gasteiger partial charge in [-0.2, -0.15) is 5.26 Å². The first-order valence-electron chi connectivity index (χ1n) is 11.0. The van der Waals surface area contributed by atoms with Gasteiger partial charge < -0.3 is 15.2 Å². The summed E-state index contributed by atoms with van der Waals surface area (Å²) in [6, 6.07) is 16.3. The Balaban J connectivity index is 1.85. The van der Waals surface area contributed by atoms with Gasteiger partial charge in [-0.25, -0.2) is 4.39 Å². The van der Waals surface area contributed by atoms with E-state index < -0.39 is 5.82 Å². The summed E-state index contributed by atoms with van der Waals surface area (Å²) >= 11 is 0. The summed E-state index contributed by atoms with van der Waals surface area (Å²) in [4.78, 5) is 13.2. The molecule has 0 saturated carbocycles. The van der Waals surface area contributed by atoms with Crippen molar-refractivity contribution in [3.8, 4) is 28.5 Å². The van der Waals surface area contributed by atoms with Crippen molar-refractivity contribution in [2.45, 2.75) is 19.8 Å². The van der Waals surface area contributed by atoms with Crippen molar-refractivity contribution in [1.29, 1.82) is 5.26 Å². The monoisotopic (exact) mass is 430 g/mol. The van der Waals surface area contributed by atoms with E-state index in [2.05, 4.69) is 17.6 Å². The van der Waals surface area contributed by atoms with Crippen LogP contribution < -0.4 is 16.2 Å². The molecule has 0 amide bonds. The Bertz CT molecular complexity index is 1220. The van der Waals surface area contributed by atoms with Crippen LogP contribution >= 0.6 is 0 Å². The zero-order valence-electron chi connectivity index (χ0n) is 18.4. The SMILES string of the molecule is CCc1ccc(-c2c(-c3ccc(C#N)c(F)c3)cc(NC[C@H]3CCNC3)c(=O)n2C)cc1. The number of rotatable bonds is 6. The lowest BCUT2D eigenvalue weighted by Crippen LogP contribution is -2.26. The Labute approximate surface area is 187 Å². The van der Waals surface area contributed by atoms with Crippen molar-refractivity contribution in [2.24, 2.45) is 13.0 Å². The average molecular weight is 431 g/mol. The van der Waals surface area contributed by atoms with Crippen molar-refractivity contribution in [3.05, 3.63) is 75.8 Å². The molecule has 2 heterocycles. The van der Waals surface area contributed by atoms with Crippen LogP contribution in [0.3, 0.4) is 0 Å². The van der Waals surface area contributed by atoms with E-state index in [4.69, 9.17) is 5.26 Å². The van der Waals surface area contributed by atoms with Crippen LogP contribution in [-0.4, -0.2) is 24.2 Å². The van der Waals surface area contributed by atoms with Gasteiger partial charge in [0.15, 0.2) is 0 Å². The highest BCUT2D eigenvalue weighted by molar-refractivity contribution is 5.83. The fourth-order valence-electron chi connectivity index (χ4n) is 4.25. The van der Waals surface area contributed by atoms with Gasteiger partial charge in [0.25, 0.3) is 5.56 Å². The fraction of sp³-hybridized carbons (Fsp3) is 0.308. The van der Waals surface area contributed by atoms with Crippen LogP contribution in [0.2, 0.25) is 0 Å². The second-order valence-electron chi connectivity index (χ2n) is 8.28. The van der Waals surface area contributed by atoms with Gasteiger partial charge in [0.05, 0.1) is 11.3 Å². The lowest BCUT2D eigenvalue weighted by Gasteiger charge is -2.19. The molecule has 1 aliphatic rings. The van der Waals surface area contributed by atoms with Crippen LogP contribution in [0.4, 0.5) is 10.1 Å². The normalized spacial score (nSPS) is 15.5. The molecule has 0 spiro atoms. The molecule has 1 aliphatic heterocycles. The molecular formula is C26H27FN4O. The van der Waals surface area contributed by atoms with Crippen LogP contribution in [0.25, 0.3) is 22.4 Å². The van der Waals surface area contributed by atoms with Crippen LogP contribution in [0.5, 0.6) is 0 Å². The molecule has 4 rings (SSSR count). The molecular weight excluding hydrogens is 403 g/mol. The maximum absolute atomic E-state index is 14.5. The quantitative estimate of drug-likeness (QED) is 0.611. The molecule has 0 bridgehead atoms. The number of halogens is 1. The molecule has 1 fully saturated rings. The first-order chi connectivity index (χ1) is 15.5. The minimum Gasteiger partial charge on any atom is -0.380 e. The van der Waals surface area contributed by atoms with Gasteiger partial charge in [-0.1, -0.05) is 37.3 Å². The lowest BCUT2D eigenvalue weighted by molar-refractivity contribution is 0.614. The van der Waals surface area contributed by atoms with E-state index in [1.807, 2.05) is 36.4 Å². The van der Waals surface area contributed by atoms with E-state index in [0.717, 1.165) is 42.8 Å². The molecule has 32 heavy (non-hydrogen) atoms. The number of anilines is 1. The second-order valence-corrected chi connectivity index (χ2v) is 8.28. The summed E-state index contributed by atoms with van der Waals surface area (Å²) in [5, 5.41) is 15.8. The fourth-order valence-corrected chi connectivity index (χ4v) is 4.25. The van der Waals surface area contributed by atoms with Crippen molar-refractivity contribution in [1.82, 2.24) is 9.88 Å². The van der Waals surface area contributed by atoms with Crippen molar-refractivity contribution in [2.75, 3.05) is 25.0 Å². The zero-order valence-corrected chi connectivity index (χ0v) is 18.4. The third-order valence-corrected chi connectivity index (χ3v) is 6.19. The smallest absolute Gasteiger partial charge is 0.274 e. The van der Waals surface area contributed by atoms with E-state index in [-0.39, 0.29) is 11.1 Å². The molecule has 2 aromatic carbocycles. The van der Waals surface area contributed by atoms with Gasteiger partial charge in [0.2, 0.25) is 0 Å². The van der Waals surface area contributed by atoms with Gasteiger partial charge in [-0.15, -0.1) is 0 Å². The summed E-state index contributed by atoms with van der Waals surface area (Å²) < 4.78 is 16.1. The number of nitrogens with zero attached hydrogens (tertiary/aromatic N) is 2. The first-order valence-corrected chi connectivity index (χ1v) is 11.0. The number of hydrogen-bond acceptors (Lipinski definition) is 4. The van der Waals surface area contributed by atoms with Crippen molar-refractivity contribution < 1.29 is 4.39 Å². The van der Waals surface area contributed by atoms with Gasteiger partial charge in [-0.05, 0) is 66.7 Å². The average Bonchev–Trinajstić information content (AvgIpc) is 3.33. The molecule has 1 aromatic heterocycles. The summed E-state index contributed by atoms with van der Waals surface area (Å²) in [5.74, 6) is -0.102. The predicted octanol–water partition coefficient (Wildman–Crippen LogP) is 4.31. The molecule has 5 nitrogen and oxygen atoms in total. The third kappa shape index (κ3) is 4.30. The Morgan fingerprint density at radius 1 is 1.19 bits per heavy atom. The number of pyridine rings is 1. The first kappa shape index (κ1) is 21.8. The van der Waals surface area contributed by atoms with E-state index in [1.165, 1.54) is 17.7 Å². The number of aryl methyl sites for hydroxylation is 1. The summed E-state index contributed by atoms with van der Waals surface area (Å²) in [5.41, 5.74) is 4.54. The highest BCUT2D eigenvalue weighted by atomic mass is 19.1. The van der Waals surface area contributed by atoms with Crippen LogP contribution in [0, 0.1) is 23.1 Å². The minimum absolute atomic E-state index is 0.000462. The minimum atomic E-state index is -0.572. The Morgan fingerprint density at radius 3 is 2.56 bits per heavy atom. The van der Waals surface area contributed by atoms with Gasteiger partial charge in [-0.3, -0.25) is 4.79 Å². The number of benzene rings is 2. The van der Waals surface area contributed by atoms with Crippen molar-refractivity contribution >= 4 is 5.69 Å². The highest BCUT2D eigenvalue weighted by Crippen LogP contribution is 2.33. The van der Waals surface area contributed by atoms with Crippen LogP contribution in [0.1, 0.15) is 24.5 Å². The summed E-state index contributed by atoms with van der Waals surface area (Å²) in [6.45, 7) is 4.72. The lowest BCUT2D eigenvalue weighted by atomic mass is 9.96. The molecule has 1 atom stereocenters. The summed E-state index contributed by atoms with van der Waals surface area (Å²) in [7, 11) is 1.75. The second kappa shape index (κ2) is 9.37. The van der Waals surface area contributed by atoms with E-state index in [1.54, 1.807) is 17.7 Å². The summed E-state index contributed by atoms with van der Waals surface area (Å²) in [6.07, 6.45) is 1.99. The topological polar surface area (TPSA) is 69.8 Å². The Hall–Kier alpha value is -3.43. The highest BCUT2D eigenvalue weighted by Gasteiger charge is 2.19. The molecule has 164 valence electrons. The van der Waals surface area contributed by atoms with Crippen LogP contribution in [-0.2, 0) is 13.5 Å². The maximum atomic E-state index is 14.5. The maximum Gasteiger partial charge on any atom is 0.274 e. The number of hydrogen-bond donors (Lipinski definition) is 2. The molecule has 0 radical (unpaired) electrons. The third-order valence-electron chi connectivity index (χ3n) is 6.19. The zero-order chi connectivity index (χ0) is 22.7.